The molecule has 0 bridgehead atoms. The molecule has 1 aromatic carbocycles. The third kappa shape index (κ3) is 4.50. The van der Waals surface area contributed by atoms with E-state index in [2.05, 4.69) is 24.2 Å². The Labute approximate surface area is 116 Å². The van der Waals surface area contributed by atoms with E-state index in [4.69, 9.17) is 0 Å². The summed E-state index contributed by atoms with van der Waals surface area (Å²) in [6, 6.07) is 7.30. The van der Waals surface area contributed by atoms with Crippen LogP contribution in [0.5, 0.6) is 0 Å². The van der Waals surface area contributed by atoms with Crippen LogP contribution in [0.4, 0.5) is 10.1 Å². The first kappa shape index (κ1) is 14.3. The van der Waals surface area contributed by atoms with Gasteiger partial charge in [-0.2, -0.15) is 0 Å². The number of nitrogens with one attached hydrogen (secondary N) is 1. The Morgan fingerprint density at radius 2 is 2.00 bits per heavy atom. The lowest BCUT2D eigenvalue weighted by Gasteiger charge is -2.34. The van der Waals surface area contributed by atoms with Gasteiger partial charge in [0.1, 0.15) is 5.82 Å². The summed E-state index contributed by atoms with van der Waals surface area (Å²) in [6.45, 7) is 4.30. The normalized spacial score (nSPS) is 23.6. The van der Waals surface area contributed by atoms with Crippen molar-refractivity contribution in [2.24, 2.45) is 5.92 Å². The number of halogens is 1. The van der Waals surface area contributed by atoms with Gasteiger partial charge in [-0.1, -0.05) is 19.8 Å². The van der Waals surface area contributed by atoms with E-state index in [0.29, 0.717) is 0 Å². The molecule has 106 valence electrons. The Kier molecular flexibility index (Phi) is 5.20. The van der Waals surface area contributed by atoms with Crippen molar-refractivity contribution in [3.63, 3.8) is 0 Å². The van der Waals surface area contributed by atoms with Crippen LogP contribution in [0.25, 0.3) is 0 Å². The molecule has 1 aliphatic rings. The fourth-order valence-corrected chi connectivity index (χ4v) is 2.93. The number of nitrogens with zero attached hydrogens (tertiary/aromatic N) is 1. The summed E-state index contributed by atoms with van der Waals surface area (Å²) in [5.41, 5.74) is 0.992. The molecule has 1 N–H and O–H groups in total. The number of hydrogen-bond acceptors (Lipinski definition) is 2. The lowest BCUT2D eigenvalue weighted by molar-refractivity contribution is 0.169. The number of benzene rings is 1. The molecule has 2 nitrogen and oxygen atoms in total. The highest BCUT2D eigenvalue weighted by molar-refractivity contribution is 5.42. The molecule has 0 aromatic heterocycles. The molecular weight excluding hydrogens is 239 g/mol. The monoisotopic (exact) mass is 264 g/mol. The Bertz CT molecular complexity index is 377. The molecule has 0 spiro atoms. The molecule has 2 atom stereocenters. The summed E-state index contributed by atoms with van der Waals surface area (Å²) in [4.78, 5) is 2.46. The predicted molar refractivity (Wildman–Crippen MR) is 78.9 cm³/mol. The highest BCUT2D eigenvalue weighted by atomic mass is 19.1. The van der Waals surface area contributed by atoms with E-state index in [0.717, 1.165) is 30.7 Å². The van der Waals surface area contributed by atoms with Crippen LogP contribution in [0.15, 0.2) is 24.3 Å². The Morgan fingerprint density at radius 1 is 1.26 bits per heavy atom. The topological polar surface area (TPSA) is 15.3 Å². The van der Waals surface area contributed by atoms with E-state index in [1.807, 2.05) is 0 Å². The zero-order valence-electron chi connectivity index (χ0n) is 12.0. The maximum absolute atomic E-state index is 12.8. The van der Waals surface area contributed by atoms with Gasteiger partial charge in [-0.15, -0.1) is 0 Å². The molecule has 1 fully saturated rings. The maximum atomic E-state index is 12.8. The van der Waals surface area contributed by atoms with Crippen molar-refractivity contribution in [3.05, 3.63) is 30.1 Å². The minimum atomic E-state index is -0.182. The maximum Gasteiger partial charge on any atom is 0.123 e. The molecule has 0 saturated heterocycles. The average molecular weight is 264 g/mol. The van der Waals surface area contributed by atoms with Crippen molar-refractivity contribution in [3.8, 4) is 0 Å². The number of anilines is 1. The smallest absolute Gasteiger partial charge is 0.123 e. The largest absolute Gasteiger partial charge is 0.384 e. The molecule has 1 aliphatic carbocycles. The summed E-state index contributed by atoms with van der Waals surface area (Å²) in [5, 5.41) is 3.34. The van der Waals surface area contributed by atoms with E-state index in [-0.39, 0.29) is 5.82 Å². The Balaban J connectivity index is 1.71. The molecule has 2 unspecified atom stereocenters. The van der Waals surface area contributed by atoms with Gasteiger partial charge < -0.3 is 10.2 Å². The van der Waals surface area contributed by atoms with E-state index < -0.39 is 0 Å². The lowest BCUT2D eigenvalue weighted by atomic mass is 9.86. The fourth-order valence-electron chi connectivity index (χ4n) is 2.93. The van der Waals surface area contributed by atoms with Crippen molar-refractivity contribution in [2.45, 2.75) is 38.6 Å². The van der Waals surface area contributed by atoms with Crippen LogP contribution in [-0.4, -0.2) is 31.1 Å². The van der Waals surface area contributed by atoms with Gasteiger partial charge in [-0.05, 0) is 50.1 Å². The molecule has 0 amide bonds. The fraction of sp³-hybridized carbons (Fsp3) is 0.625. The van der Waals surface area contributed by atoms with Gasteiger partial charge >= 0.3 is 0 Å². The van der Waals surface area contributed by atoms with Crippen molar-refractivity contribution < 1.29 is 4.39 Å². The lowest BCUT2D eigenvalue weighted by Crippen LogP contribution is -2.38. The second kappa shape index (κ2) is 6.90. The number of hydrogen-bond donors (Lipinski definition) is 1. The van der Waals surface area contributed by atoms with Gasteiger partial charge in [0.2, 0.25) is 0 Å². The highest BCUT2D eigenvalue weighted by Crippen LogP contribution is 2.26. The SMILES string of the molecule is CC1CCCC(N(C)CCNc2ccc(F)cc2)C1. The van der Waals surface area contributed by atoms with Gasteiger partial charge in [0.15, 0.2) is 0 Å². The second-order valence-electron chi connectivity index (χ2n) is 5.84. The third-order valence-electron chi connectivity index (χ3n) is 4.17. The zero-order chi connectivity index (χ0) is 13.7. The quantitative estimate of drug-likeness (QED) is 0.871. The molecule has 3 heteroatoms. The van der Waals surface area contributed by atoms with E-state index in [1.165, 1.54) is 37.8 Å². The van der Waals surface area contributed by atoms with E-state index in [1.54, 1.807) is 12.1 Å². The summed E-state index contributed by atoms with van der Waals surface area (Å²) in [7, 11) is 2.22. The van der Waals surface area contributed by atoms with Gasteiger partial charge in [-0.3, -0.25) is 0 Å². The minimum absolute atomic E-state index is 0.182. The highest BCUT2D eigenvalue weighted by Gasteiger charge is 2.21. The summed E-state index contributed by atoms with van der Waals surface area (Å²) >= 11 is 0. The zero-order valence-corrected chi connectivity index (χ0v) is 12.0. The molecule has 1 aromatic rings. The molecule has 0 heterocycles. The van der Waals surface area contributed by atoms with Crippen LogP contribution in [0.1, 0.15) is 32.6 Å². The van der Waals surface area contributed by atoms with Gasteiger partial charge in [0.05, 0.1) is 0 Å². The Morgan fingerprint density at radius 3 is 2.68 bits per heavy atom. The molecule has 1 saturated carbocycles. The molecule has 19 heavy (non-hydrogen) atoms. The first-order chi connectivity index (χ1) is 9.15. The van der Waals surface area contributed by atoms with Crippen molar-refractivity contribution >= 4 is 5.69 Å². The van der Waals surface area contributed by atoms with Crippen molar-refractivity contribution in [1.82, 2.24) is 4.90 Å². The van der Waals surface area contributed by atoms with Crippen LogP contribution < -0.4 is 5.32 Å². The molecule has 2 rings (SSSR count). The van der Waals surface area contributed by atoms with Crippen LogP contribution >= 0.6 is 0 Å². The van der Waals surface area contributed by atoms with E-state index in [9.17, 15) is 4.39 Å². The van der Waals surface area contributed by atoms with Crippen LogP contribution in [0, 0.1) is 11.7 Å². The van der Waals surface area contributed by atoms with E-state index >= 15 is 0 Å². The third-order valence-corrected chi connectivity index (χ3v) is 4.17. The average Bonchev–Trinajstić information content (AvgIpc) is 2.41. The van der Waals surface area contributed by atoms with Crippen LogP contribution in [-0.2, 0) is 0 Å². The van der Waals surface area contributed by atoms with Gasteiger partial charge in [0, 0.05) is 24.8 Å². The van der Waals surface area contributed by atoms with Gasteiger partial charge in [0.25, 0.3) is 0 Å². The standard InChI is InChI=1S/C16H25FN2/c1-13-4-3-5-16(12-13)19(2)11-10-18-15-8-6-14(17)7-9-15/h6-9,13,16,18H,3-5,10-12H2,1-2H3. The summed E-state index contributed by atoms with van der Waals surface area (Å²) < 4.78 is 12.8. The summed E-state index contributed by atoms with van der Waals surface area (Å²) in [5.74, 6) is 0.685. The molecule has 0 radical (unpaired) electrons. The first-order valence-electron chi connectivity index (χ1n) is 7.35. The van der Waals surface area contributed by atoms with Crippen LogP contribution in [0.3, 0.4) is 0 Å². The summed E-state index contributed by atoms with van der Waals surface area (Å²) in [6.07, 6.45) is 5.41. The van der Waals surface area contributed by atoms with Crippen molar-refractivity contribution in [2.75, 3.05) is 25.5 Å². The first-order valence-corrected chi connectivity index (χ1v) is 7.35. The second-order valence-corrected chi connectivity index (χ2v) is 5.84. The minimum Gasteiger partial charge on any atom is -0.384 e. The number of rotatable bonds is 5. The Hall–Kier alpha value is -1.09. The van der Waals surface area contributed by atoms with Crippen LogP contribution in [0.2, 0.25) is 0 Å². The van der Waals surface area contributed by atoms with Crippen molar-refractivity contribution in [1.29, 1.82) is 0 Å². The molecular formula is C16H25FN2. The van der Waals surface area contributed by atoms with Gasteiger partial charge in [-0.25, -0.2) is 4.39 Å². The number of likely N-dealkylation sites (N-methyl/N-ethyl adjacent to an activating group) is 1. The molecule has 0 aliphatic heterocycles. The predicted octanol–water partition coefficient (Wildman–Crippen LogP) is 3.75.